The van der Waals surface area contributed by atoms with Crippen LogP contribution in [0.25, 0.3) is 0 Å². The second-order valence-electron chi connectivity index (χ2n) is 3.89. The largest absolute Gasteiger partial charge is 0.434 e. The highest BCUT2D eigenvalue weighted by molar-refractivity contribution is 6.10. The molecule has 0 N–H and O–H groups in total. The molecule has 2 aromatic rings. The molecule has 0 unspecified atom stereocenters. The Labute approximate surface area is 117 Å². The van der Waals surface area contributed by atoms with Gasteiger partial charge in [-0.3, -0.25) is 19.9 Å². The average molecular weight is 294 g/mol. The molecule has 1 aromatic carbocycles. The van der Waals surface area contributed by atoms with E-state index >= 15 is 0 Å². The van der Waals surface area contributed by atoms with Crippen LogP contribution in [0.15, 0.2) is 42.7 Å². The van der Waals surface area contributed by atoms with Crippen molar-refractivity contribution in [3.05, 3.63) is 64.0 Å². The number of carbonyl (C=O) groups excluding carboxylic acids is 1. The zero-order chi connectivity index (χ0) is 15.4. The normalized spacial score (nSPS) is 10.4. The van der Waals surface area contributed by atoms with Crippen LogP contribution in [-0.4, -0.2) is 22.3 Å². The van der Waals surface area contributed by atoms with Gasteiger partial charge in [0.15, 0.2) is 5.78 Å². The number of non-ortho nitro benzene ring substituents is 1. The lowest BCUT2D eigenvalue weighted by Gasteiger charge is -2.09. The third kappa shape index (κ3) is 3.35. The number of ketones is 1. The van der Waals surface area contributed by atoms with Crippen LogP contribution >= 0.6 is 0 Å². The van der Waals surface area contributed by atoms with Gasteiger partial charge in [-0.2, -0.15) is 8.78 Å². The maximum absolute atomic E-state index is 12.3. The van der Waals surface area contributed by atoms with Crippen molar-refractivity contribution in [2.75, 3.05) is 0 Å². The molecule has 0 aliphatic rings. The van der Waals surface area contributed by atoms with Crippen molar-refractivity contribution in [1.29, 1.82) is 0 Å². The van der Waals surface area contributed by atoms with Gasteiger partial charge in [-0.1, -0.05) is 0 Å². The van der Waals surface area contributed by atoms with E-state index in [1.165, 1.54) is 24.5 Å². The van der Waals surface area contributed by atoms with E-state index in [-0.39, 0.29) is 11.1 Å². The monoisotopic (exact) mass is 294 g/mol. The average Bonchev–Trinajstić information content (AvgIpc) is 2.47. The van der Waals surface area contributed by atoms with Crippen LogP contribution in [-0.2, 0) is 0 Å². The number of alkyl halides is 2. The number of nitro benzene ring substituents is 1. The molecule has 21 heavy (non-hydrogen) atoms. The summed E-state index contributed by atoms with van der Waals surface area (Å²) >= 11 is 0. The Balaban J connectivity index is 2.50. The minimum Gasteiger partial charge on any atom is -0.434 e. The summed E-state index contributed by atoms with van der Waals surface area (Å²) in [7, 11) is 0. The molecule has 1 aromatic heterocycles. The van der Waals surface area contributed by atoms with Gasteiger partial charge in [0, 0.05) is 30.1 Å². The van der Waals surface area contributed by atoms with Gasteiger partial charge in [0.1, 0.15) is 5.75 Å². The highest BCUT2D eigenvalue weighted by Gasteiger charge is 2.21. The molecule has 0 fully saturated rings. The Bertz CT molecular complexity index is 677. The van der Waals surface area contributed by atoms with E-state index in [2.05, 4.69) is 9.72 Å². The molecule has 1 heterocycles. The van der Waals surface area contributed by atoms with E-state index in [0.717, 1.165) is 18.2 Å². The Morgan fingerprint density at radius 2 is 2.10 bits per heavy atom. The summed E-state index contributed by atoms with van der Waals surface area (Å²) in [6.07, 6.45) is 2.66. The molecule has 2 rings (SSSR count). The molecule has 6 nitrogen and oxygen atoms in total. The van der Waals surface area contributed by atoms with E-state index in [9.17, 15) is 23.7 Å². The summed E-state index contributed by atoms with van der Waals surface area (Å²) in [5.74, 6) is -1.12. The minimum absolute atomic E-state index is 0.108. The number of rotatable bonds is 5. The third-order valence-electron chi connectivity index (χ3n) is 2.56. The van der Waals surface area contributed by atoms with Gasteiger partial charge < -0.3 is 4.74 Å². The zero-order valence-electron chi connectivity index (χ0n) is 10.4. The van der Waals surface area contributed by atoms with E-state index in [4.69, 9.17) is 0 Å². The van der Waals surface area contributed by atoms with Crippen LogP contribution in [0.1, 0.15) is 15.9 Å². The molecule has 108 valence electrons. The highest BCUT2D eigenvalue weighted by Crippen LogP contribution is 2.27. The summed E-state index contributed by atoms with van der Waals surface area (Å²) in [6.45, 7) is -3.15. The second-order valence-corrected chi connectivity index (χ2v) is 3.89. The number of ether oxygens (including phenoxy) is 1. The number of aromatic nitrogens is 1. The standard InChI is InChI=1S/C13H8F2N2O4/c14-13(15)21-11-4-3-9(17(19)20)6-10(11)12(18)8-2-1-5-16-7-8/h1-7,13H. The van der Waals surface area contributed by atoms with Crippen LogP contribution in [0, 0.1) is 10.1 Å². The van der Waals surface area contributed by atoms with Crippen molar-refractivity contribution >= 4 is 11.5 Å². The molecular weight excluding hydrogens is 286 g/mol. The Kier molecular flexibility index (Phi) is 4.17. The fourth-order valence-corrected chi connectivity index (χ4v) is 1.66. The molecule has 0 saturated carbocycles. The fourth-order valence-electron chi connectivity index (χ4n) is 1.66. The van der Waals surface area contributed by atoms with Crippen LogP contribution in [0.2, 0.25) is 0 Å². The molecule has 0 bridgehead atoms. The molecule has 0 radical (unpaired) electrons. The molecule has 0 spiro atoms. The predicted molar refractivity (Wildman–Crippen MR) is 67.4 cm³/mol. The minimum atomic E-state index is -3.15. The van der Waals surface area contributed by atoms with E-state index in [1.807, 2.05) is 0 Å². The Hall–Kier alpha value is -2.90. The lowest BCUT2D eigenvalue weighted by Crippen LogP contribution is -2.09. The summed E-state index contributed by atoms with van der Waals surface area (Å²) < 4.78 is 28.9. The number of hydrogen-bond donors (Lipinski definition) is 0. The Morgan fingerprint density at radius 1 is 1.33 bits per heavy atom. The summed E-state index contributed by atoms with van der Waals surface area (Å²) in [5.41, 5.74) is -0.613. The van der Waals surface area contributed by atoms with Crippen LogP contribution in [0.5, 0.6) is 5.75 Å². The van der Waals surface area contributed by atoms with Crippen LogP contribution in [0.3, 0.4) is 0 Å². The first-order chi connectivity index (χ1) is 9.99. The van der Waals surface area contributed by atoms with Gasteiger partial charge in [-0.05, 0) is 18.2 Å². The van der Waals surface area contributed by atoms with Crippen LogP contribution < -0.4 is 4.74 Å². The van der Waals surface area contributed by atoms with Crippen molar-refractivity contribution < 1.29 is 23.2 Å². The number of nitrogens with zero attached hydrogens (tertiary/aromatic N) is 2. The van der Waals surface area contributed by atoms with Crippen molar-refractivity contribution in [3.8, 4) is 5.75 Å². The zero-order valence-corrected chi connectivity index (χ0v) is 10.4. The molecule has 0 aliphatic heterocycles. The van der Waals surface area contributed by atoms with Gasteiger partial charge in [0.05, 0.1) is 10.5 Å². The first-order valence-electron chi connectivity index (χ1n) is 5.67. The molecule has 0 amide bonds. The van der Waals surface area contributed by atoms with Gasteiger partial charge in [-0.15, -0.1) is 0 Å². The number of pyridine rings is 1. The van der Waals surface area contributed by atoms with Crippen molar-refractivity contribution in [2.24, 2.45) is 0 Å². The topological polar surface area (TPSA) is 82.3 Å². The number of carbonyl (C=O) groups is 1. The number of nitro groups is 1. The van der Waals surface area contributed by atoms with Gasteiger partial charge in [0.2, 0.25) is 0 Å². The maximum atomic E-state index is 12.3. The quantitative estimate of drug-likeness (QED) is 0.481. The van der Waals surface area contributed by atoms with E-state index in [0.29, 0.717) is 0 Å². The lowest BCUT2D eigenvalue weighted by atomic mass is 10.0. The fraction of sp³-hybridized carbons (Fsp3) is 0.0769. The predicted octanol–water partition coefficient (Wildman–Crippen LogP) is 2.82. The van der Waals surface area contributed by atoms with Crippen molar-refractivity contribution in [1.82, 2.24) is 4.98 Å². The lowest BCUT2D eigenvalue weighted by molar-refractivity contribution is -0.384. The van der Waals surface area contributed by atoms with Crippen LogP contribution in [0.4, 0.5) is 14.5 Å². The van der Waals surface area contributed by atoms with E-state index < -0.39 is 28.8 Å². The van der Waals surface area contributed by atoms with Gasteiger partial charge in [-0.25, -0.2) is 0 Å². The number of benzene rings is 1. The molecule has 0 aliphatic carbocycles. The first kappa shape index (κ1) is 14.5. The van der Waals surface area contributed by atoms with Gasteiger partial charge in [0.25, 0.3) is 5.69 Å². The number of hydrogen-bond acceptors (Lipinski definition) is 5. The molecule has 0 atom stereocenters. The maximum Gasteiger partial charge on any atom is 0.387 e. The van der Waals surface area contributed by atoms with Gasteiger partial charge >= 0.3 is 6.61 Å². The smallest absolute Gasteiger partial charge is 0.387 e. The molecule has 8 heteroatoms. The SMILES string of the molecule is O=C(c1cccnc1)c1cc([N+](=O)[O-])ccc1OC(F)F. The second kappa shape index (κ2) is 6.04. The summed E-state index contributed by atoms with van der Waals surface area (Å²) in [6, 6.07) is 5.75. The third-order valence-corrected chi connectivity index (χ3v) is 2.56. The summed E-state index contributed by atoms with van der Waals surface area (Å²) in [4.78, 5) is 26.0. The van der Waals surface area contributed by atoms with Crippen molar-refractivity contribution in [3.63, 3.8) is 0 Å². The first-order valence-corrected chi connectivity index (χ1v) is 5.67. The Morgan fingerprint density at radius 3 is 2.67 bits per heavy atom. The number of halogens is 2. The highest BCUT2D eigenvalue weighted by atomic mass is 19.3. The summed E-state index contributed by atoms with van der Waals surface area (Å²) in [5, 5.41) is 10.7. The molecule has 0 saturated heterocycles. The van der Waals surface area contributed by atoms with E-state index in [1.54, 1.807) is 0 Å². The molecular formula is C13H8F2N2O4. The van der Waals surface area contributed by atoms with Crippen molar-refractivity contribution in [2.45, 2.75) is 6.61 Å².